The Bertz CT molecular complexity index is 1640. The second-order valence-electron chi connectivity index (χ2n) is 10.7. The van der Waals surface area contributed by atoms with Crippen molar-refractivity contribution in [1.82, 2.24) is 0 Å². The molecule has 0 aromatic heterocycles. The van der Waals surface area contributed by atoms with Crippen LogP contribution in [0.2, 0.25) is 0 Å². The molecule has 0 bridgehead atoms. The molecule has 0 saturated carbocycles. The SMILES string of the molecule is CC(C)c1cc2c(-c3ccccc3)cccc2[cH-]1.CCCCc1ccc(-c2ccccc2)c2cc(C)[cH-]c12.[CH3-].[CH3-].[Si]=[Zr]. The average molecular weight is 644 g/mol. The van der Waals surface area contributed by atoms with Gasteiger partial charge in [0.05, 0.1) is 0 Å². The molecule has 0 heterocycles. The number of unbranched alkanes of at least 4 members (excludes halogenated alkanes) is 1. The Labute approximate surface area is 272 Å². The zero-order valence-electron chi connectivity index (χ0n) is 26.2. The zero-order valence-corrected chi connectivity index (χ0v) is 29.6. The Kier molecular flexibility index (Phi) is 14.6. The van der Waals surface area contributed by atoms with Gasteiger partial charge in [-0.1, -0.05) is 131 Å². The van der Waals surface area contributed by atoms with Crippen LogP contribution >= 0.6 is 0 Å². The zero-order chi connectivity index (χ0) is 28.5. The van der Waals surface area contributed by atoms with Crippen molar-refractivity contribution in [3.8, 4) is 22.3 Å². The first kappa shape index (κ1) is 35.4. The van der Waals surface area contributed by atoms with Crippen LogP contribution in [0, 0.1) is 21.8 Å². The monoisotopic (exact) mass is 642 g/mol. The van der Waals surface area contributed by atoms with Gasteiger partial charge < -0.3 is 14.9 Å². The van der Waals surface area contributed by atoms with E-state index in [4.69, 9.17) is 0 Å². The van der Waals surface area contributed by atoms with E-state index in [1.165, 1.54) is 103 Å². The molecule has 6 rings (SSSR count). The Morgan fingerprint density at radius 1 is 0.690 bits per heavy atom. The van der Waals surface area contributed by atoms with Crippen LogP contribution in [0.15, 0.2) is 115 Å². The first-order chi connectivity index (χ1) is 19.5. The molecular formula is C40H44SiZr-4. The number of benzene rings is 4. The number of fused-ring (bicyclic) bond motifs is 2. The minimum absolute atomic E-state index is 0. The van der Waals surface area contributed by atoms with E-state index in [0.717, 1.165) is 0 Å². The van der Waals surface area contributed by atoms with Crippen LogP contribution < -0.4 is 0 Å². The van der Waals surface area contributed by atoms with E-state index >= 15 is 0 Å². The summed E-state index contributed by atoms with van der Waals surface area (Å²) in [7, 11) is 0. The standard InChI is InChI=1S/C20H21.C18H17.2CH3.Si.Zr/c1-3-4-8-17-11-12-18(16-9-6-5-7-10-16)20-14-15(2)13-19(17)20;1-13(2)16-11-15-9-6-10-17(18(15)12-16)14-7-4-3-5-8-14;;;;/h5-7,9-14H,3-4,8H2,1-2H3;3-13H,1-2H3;2*1H3;;/q4*-1;;. The average Bonchev–Trinajstić information content (AvgIpc) is 3.62. The molecule has 0 fully saturated rings. The van der Waals surface area contributed by atoms with Gasteiger partial charge in [-0.25, -0.2) is 0 Å². The summed E-state index contributed by atoms with van der Waals surface area (Å²) in [5, 5.41) is 5.56. The van der Waals surface area contributed by atoms with Gasteiger partial charge in [-0.15, -0.1) is 68.6 Å². The first-order valence-electron chi connectivity index (χ1n) is 14.3. The van der Waals surface area contributed by atoms with Crippen molar-refractivity contribution in [1.29, 1.82) is 0 Å². The van der Waals surface area contributed by atoms with Crippen molar-refractivity contribution >= 4 is 28.4 Å². The van der Waals surface area contributed by atoms with Gasteiger partial charge in [-0.05, 0) is 17.0 Å². The molecule has 2 heteroatoms. The van der Waals surface area contributed by atoms with Gasteiger partial charge in [-0.3, -0.25) is 0 Å². The van der Waals surface area contributed by atoms with Crippen LogP contribution in [0.1, 0.15) is 56.2 Å². The molecule has 0 saturated heterocycles. The fourth-order valence-electron chi connectivity index (χ4n) is 5.42. The van der Waals surface area contributed by atoms with Crippen LogP contribution in [-0.4, -0.2) is 6.88 Å². The molecule has 42 heavy (non-hydrogen) atoms. The predicted octanol–water partition coefficient (Wildman–Crippen LogP) is 11.7. The molecule has 0 unspecified atom stereocenters. The summed E-state index contributed by atoms with van der Waals surface area (Å²) in [6, 6.07) is 41.8. The Balaban J connectivity index is 0.000000266. The Morgan fingerprint density at radius 3 is 1.86 bits per heavy atom. The molecule has 216 valence electrons. The van der Waals surface area contributed by atoms with E-state index < -0.39 is 0 Å². The van der Waals surface area contributed by atoms with Crippen LogP contribution in [0.25, 0.3) is 43.8 Å². The Morgan fingerprint density at radius 2 is 1.29 bits per heavy atom. The van der Waals surface area contributed by atoms with Crippen molar-refractivity contribution in [2.75, 3.05) is 0 Å². The van der Waals surface area contributed by atoms with Crippen molar-refractivity contribution in [2.24, 2.45) is 0 Å². The number of rotatable bonds is 6. The fourth-order valence-corrected chi connectivity index (χ4v) is 5.42. The van der Waals surface area contributed by atoms with E-state index in [1.807, 2.05) is 0 Å². The van der Waals surface area contributed by atoms with E-state index in [1.54, 1.807) is 0 Å². The topological polar surface area (TPSA) is 0 Å². The van der Waals surface area contributed by atoms with Crippen molar-refractivity contribution < 1.29 is 23.3 Å². The molecule has 0 aliphatic carbocycles. The second-order valence-corrected chi connectivity index (χ2v) is 10.7. The van der Waals surface area contributed by atoms with Gasteiger partial charge >= 0.3 is 30.2 Å². The van der Waals surface area contributed by atoms with E-state index in [0.29, 0.717) is 5.92 Å². The quantitative estimate of drug-likeness (QED) is 0.125. The van der Waals surface area contributed by atoms with Crippen molar-refractivity contribution in [3.63, 3.8) is 0 Å². The predicted molar refractivity (Wildman–Crippen MR) is 186 cm³/mol. The van der Waals surface area contributed by atoms with Crippen molar-refractivity contribution in [3.05, 3.63) is 147 Å². The molecule has 2 radical (unpaired) electrons. The first-order valence-corrected chi connectivity index (χ1v) is 18.5. The summed E-state index contributed by atoms with van der Waals surface area (Å²) in [5.41, 5.74) is 9.58. The molecule has 0 N–H and O–H groups in total. The molecule has 0 spiro atoms. The molecule has 0 atom stereocenters. The van der Waals surface area contributed by atoms with E-state index in [9.17, 15) is 0 Å². The van der Waals surface area contributed by atoms with Gasteiger partial charge in [0.1, 0.15) is 0 Å². The summed E-state index contributed by atoms with van der Waals surface area (Å²) >= 11 is 1.36. The minimum atomic E-state index is 0. The third-order valence-corrected chi connectivity index (χ3v) is 7.53. The molecule has 0 amide bonds. The van der Waals surface area contributed by atoms with Crippen LogP contribution in [-0.2, 0) is 29.8 Å². The summed E-state index contributed by atoms with van der Waals surface area (Å²) < 4.78 is 0. The van der Waals surface area contributed by atoms with Crippen LogP contribution in [0.5, 0.6) is 0 Å². The Hall–Kier alpha value is -2.80. The van der Waals surface area contributed by atoms with Crippen LogP contribution in [0.3, 0.4) is 0 Å². The van der Waals surface area contributed by atoms with Gasteiger partial charge in [-0.2, -0.15) is 12.1 Å². The second kappa shape index (κ2) is 17.3. The summed E-state index contributed by atoms with van der Waals surface area (Å²) in [5.74, 6) is 0.584. The number of hydrogen-bond acceptors (Lipinski definition) is 0. The third kappa shape index (κ3) is 8.40. The summed E-state index contributed by atoms with van der Waals surface area (Å²) in [4.78, 5) is 0. The number of hydrogen-bond donors (Lipinski definition) is 0. The van der Waals surface area contributed by atoms with E-state index in [-0.39, 0.29) is 14.9 Å². The molecule has 0 aliphatic rings. The summed E-state index contributed by atoms with van der Waals surface area (Å²) in [6.07, 6.45) is 3.71. The van der Waals surface area contributed by atoms with E-state index in [2.05, 4.69) is 150 Å². The molecule has 6 aromatic carbocycles. The maximum atomic E-state index is 3.06. The molecular weight excluding hydrogens is 600 g/mol. The van der Waals surface area contributed by atoms with Gasteiger partial charge in [0.25, 0.3) is 0 Å². The molecule has 0 nitrogen and oxygen atoms in total. The fraction of sp³-hybridized carbons (Fsp3) is 0.200. The van der Waals surface area contributed by atoms with Crippen molar-refractivity contribution in [2.45, 2.75) is 52.9 Å². The van der Waals surface area contributed by atoms with Gasteiger partial charge in [0.2, 0.25) is 0 Å². The summed E-state index contributed by atoms with van der Waals surface area (Å²) in [6.45, 7) is 12.0. The normalized spacial score (nSPS) is 10.2. The third-order valence-electron chi connectivity index (χ3n) is 7.53. The number of aryl methyl sites for hydroxylation is 2. The van der Waals surface area contributed by atoms with Gasteiger partial charge in [0.15, 0.2) is 0 Å². The molecule has 0 aliphatic heterocycles. The van der Waals surface area contributed by atoms with Crippen LogP contribution in [0.4, 0.5) is 0 Å². The molecule has 6 aromatic rings. The maximum absolute atomic E-state index is 3.06. The van der Waals surface area contributed by atoms with Gasteiger partial charge in [0, 0.05) is 0 Å².